The predicted octanol–water partition coefficient (Wildman–Crippen LogP) is 2.09. The zero-order chi connectivity index (χ0) is 14.5. The second-order valence-corrected chi connectivity index (χ2v) is 4.71. The summed E-state index contributed by atoms with van der Waals surface area (Å²) in [6.45, 7) is 1.88. The largest absolute Gasteiger partial charge is 0.389 e. The molecule has 0 spiro atoms. The standard InChI is InChI=1S/C14H17N3O3/c1-11-15-9-14(17(19)20)16(11)10-13(18)8-7-12-5-3-2-4-6-12/h2-6,9,13,18H,7-8,10H2,1H3/t13-/m1/s1. The van der Waals surface area contributed by atoms with Crippen LogP contribution in [0.1, 0.15) is 17.8 Å². The highest BCUT2D eigenvalue weighted by molar-refractivity contribution is 5.19. The first-order chi connectivity index (χ1) is 9.58. The Morgan fingerprint density at radius 3 is 2.75 bits per heavy atom. The minimum absolute atomic E-state index is 0.0822. The van der Waals surface area contributed by atoms with Crippen LogP contribution < -0.4 is 0 Å². The average molecular weight is 275 g/mol. The molecule has 0 saturated carbocycles. The molecule has 20 heavy (non-hydrogen) atoms. The number of hydrogen-bond acceptors (Lipinski definition) is 4. The van der Waals surface area contributed by atoms with E-state index in [2.05, 4.69) is 4.98 Å². The van der Waals surface area contributed by atoms with Gasteiger partial charge in [0.2, 0.25) is 0 Å². The molecule has 1 aromatic heterocycles. The molecule has 0 saturated heterocycles. The first-order valence-corrected chi connectivity index (χ1v) is 6.46. The van der Waals surface area contributed by atoms with Crippen molar-refractivity contribution >= 4 is 5.82 Å². The van der Waals surface area contributed by atoms with Gasteiger partial charge in [0.1, 0.15) is 12.7 Å². The molecular weight excluding hydrogens is 258 g/mol. The van der Waals surface area contributed by atoms with Crippen LogP contribution in [0.3, 0.4) is 0 Å². The van der Waals surface area contributed by atoms with Crippen LogP contribution in [0.15, 0.2) is 36.5 Å². The van der Waals surface area contributed by atoms with Crippen LogP contribution in [0.5, 0.6) is 0 Å². The van der Waals surface area contributed by atoms with Crippen LogP contribution in [0.2, 0.25) is 0 Å². The van der Waals surface area contributed by atoms with Crippen molar-refractivity contribution in [3.05, 3.63) is 58.0 Å². The first kappa shape index (κ1) is 14.2. The highest BCUT2D eigenvalue weighted by Gasteiger charge is 2.20. The van der Waals surface area contributed by atoms with Crippen LogP contribution in [-0.4, -0.2) is 25.7 Å². The summed E-state index contributed by atoms with van der Waals surface area (Å²) in [5, 5.41) is 20.9. The third-order valence-electron chi connectivity index (χ3n) is 3.22. The van der Waals surface area contributed by atoms with Gasteiger partial charge < -0.3 is 15.2 Å². The summed E-state index contributed by atoms with van der Waals surface area (Å²) < 4.78 is 1.44. The van der Waals surface area contributed by atoms with Crippen LogP contribution in [-0.2, 0) is 13.0 Å². The van der Waals surface area contributed by atoms with Gasteiger partial charge >= 0.3 is 5.82 Å². The van der Waals surface area contributed by atoms with Gasteiger partial charge in [-0.25, -0.2) is 9.55 Å². The first-order valence-electron chi connectivity index (χ1n) is 6.46. The van der Waals surface area contributed by atoms with E-state index in [-0.39, 0.29) is 12.4 Å². The van der Waals surface area contributed by atoms with Crippen molar-refractivity contribution in [1.82, 2.24) is 9.55 Å². The number of imidazole rings is 1. The van der Waals surface area contributed by atoms with Gasteiger partial charge in [-0.3, -0.25) is 0 Å². The lowest BCUT2D eigenvalue weighted by Crippen LogP contribution is -2.19. The van der Waals surface area contributed by atoms with Gasteiger partial charge in [0.15, 0.2) is 5.82 Å². The van der Waals surface area contributed by atoms with Gasteiger partial charge in [0.05, 0.1) is 6.10 Å². The third-order valence-corrected chi connectivity index (χ3v) is 3.22. The van der Waals surface area contributed by atoms with E-state index in [1.165, 1.54) is 10.8 Å². The molecule has 0 bridgehead atoms. The molecule has 6 heteroatoms. The summed E-state index contributed by atoms with van der Waals surface area (Å²) in [7, 11) is 0. The van der Waals surface area contributed by atoms with Crippen LogP contribution in [0, 0.1) is 17.0 Å². The second-order valence-electron chi connectivity index (χ2n) is 4.71. The fourth-order valence-corrected chi connectivity index (χ4v) is 2.11. The van der Waals surface area contributed by atoms with Gasteiger partial charge in [0, 0.05) is 6.92 Å². The van der Waals surface area contributed by atoms with Gasteiger partial charge in [-0.15, -0.1) is 0 Å². The molecule has 0 unspecified atom stereocenters. The quantitative estimate of drug-likeness (QED) is 0.646. The zero-order valence-electron chi connectivity index (χ0n) is 11.3. The van der Waals surface area contributed by atoms with Crippen molar-refractivity contribution in [3.63, 3.8) is 0 Å². The van der Waals surface area contributed by atoms with Gasteiger partial charge in [-0.1, -0.05) is 30.3 Å². The normalized spacial score (nSPS) is 12.3. The summed E-state index contributed by atoms with van der Waals surface area (Å²) in [5.74, 6) is 0.455. The Bertz CT molecular complexity index is 581. The fraction of sp³-hybridized carbons (Fsp3) is 0.357. The van der Waals surface area contributed by atoms with E-state index in [0.717, 1.165) is 12.0 Å². The monoisotopic (exact) mass is 275 g/mol. The van der Waals surface area contributed by atoms with Crippen LogP contribution in [0.25, 0.3) is 0 Å². The van der Waals surface area contributed by atoms with Gasteiger partial charge in [-0.2, -0.15) is 0 Å². The number of aliphatic hydroxyl groups excluding tert-OH is 1. The number of aryl methyl sites for hydroxylation is 2. The zero-order valence-corrected chi connectivity index (χ0v) is 11.3. The Hall–Kier alpha value is -2.21. The van der Waals surface area contributed by atoms with Crippen molar-refractivity contribution in [3.8, 4) is 0 Å². The molecule has 0 aliphatic carbocycles. The number of benzene rings is 1. The number of rotatable bonds is 6. The topological polar surface area (TPSA) is 81.2 Å². The van der Waals surface area contributed by atoms with Crippen molar-refractivity contribution < 1.29 is 10.0 Å². The maximum absolute atomic E-state index is 10.9. The smallest absolute Gasteiger partial charge is 0.342 e. The lowest BCUT2D eigenvalue weighted by atomic mass is 10.1. The molecule has 0 aliphatic rings. The van der Waals surface area contributed by atoms with Crippen molar-refractivity contribution in [2.75, 3.05) is 0 Å². The van der Waals surface area contributed by atoms with Crippen LogP contribution >= 0.6 is 0 Å². The maximum Gasteiger partial charge on any atom is 0.342 e. The Labute approximate surface area is 116 Å². The van der Waals surface area contributed by atoms with Gasteiger partial charge in [0.25, 0.3) is 0 Å². The SMILES string of the molecule is Cc1ncc([N+](=O)[O-])n1C[C@H](O)CCc1ccccc1. The molecule has 2 rings (SSSR count). The average Bonchev–Trinajstić information content (AvgIpc) is 2.79. The van der Waals surface area contributed by atoms with E-state index in [1.807, 2.05) is 30.3 Å². The highest BCUT2D eigenvalue weighted by atomic mass is 16.6. The summed E-state index contributed by atoms with van der Waals surface area (Å²) in [5.41, 5.74) is 1.14. The molecule has 0 fully saturated rings. The number of aliphatic hydroxyl groups is 1. The van der Waals surface area contributed by atoms with Crippen LogP contribution in [0.4, 0.5) is 5.82 Å². The van der Waals surface area contributed by atoms with E-state index in [0.29, 0.717) is 12.2 Å². The molecule has 106 valence electrons. The lowest BCUT2D eigenvalue weighted by molar-refractivity contribution is -0.392. The minimum atomic E-state index is -0.637. The number of aromatic nitrogens is 2. The Morgan fingerprint density at radius 2 is 2.10 bits per heavy atom. The molecule has 1 aromatic carbocycles. The van der Waals surface area contributed by atoms with Crippen molar-refractivity contribution in [2.45, 2.75) is 32.4 Å². The van der Waals surface area contributed by atoms with E-state index in [1.54, 1.807) is 6.92 Å². The second kappa shape index (κ2) is 6.29. The molecule has 2 aromatic rings. The fourth-order valence-electron chi connectivity index (χ4n) is 2.11. The van der Waals surface area contributed by atoms with E-state index < -0.39 is 11.0 Å². The van der Waals surface area contributed by atoms with E-state index in [4.69, 9.17) is 0 Å². The summed E-state index contributed by atoms with van der Waals surface area (Å²) in [6, 6.07) is 9.84. The molecule has 6 nitrogen and oxygen atoms in total. The Balaban J connectivity index is 1.96. The number of nitro groups is 1. The Morgan fingerprint density at radius 1 is 1.40 bits per heavy atom. The Kier molecular flexibility index (Phi) is 4.47. The van der Waals surface area contributed by atoms with Crippen molar-refractivity contribution in [2.24, 2.45) is 0 Å². The molecular formula is C14H17N3O3. The molecule has 0 radical (unpaired) electrons. The van der Waals surface area contributed by atoms with E-state index in [9.17, 15) is 15.2 Å². The van der Waals surface area contributed by atoms with Crippen molar-refractivity contribution in [1.29, 1.82) is 0 Å². The minimum Gasteiger partial charge on any atom is -0.389 e. The molecule has 1 heterocycles. The maximum atomic E-state index is 10.9. The molecule has 0 aliphatic heterocycles. The molecule has 0 amide bonds. The predicted molar refractivity (Wildman–Crippen MR) is 74.4 cm³/mol. The molecule has 1 N–H and O–H groups in total. The summed E-state index contributed by atoms with van der Waals surface area (Å²) in [6.07, 6.45) is 1.88. The highest BCUT2D eigenvalue weighted by Crippen LogP contribution is 2.15. The number of hydrogen-bond donors (Lipinski definition) is 1. The lowest BCUT2D eigenvalue weighted by Gasteiger charge is -2.10. The van der Waals surface area contributed by atoms with Gasteiger partial charge in [-0.05, 0) is 23.3 Å². The summed E-state index contributed by atoms with van der Waals surface area (Å²) >= 11 is 0. The number of nitrogens with zero attached hydrogens (tertiary/aromatic N) is 3. The summed E-state index contributed by atoms with van der Waals surface area (Å²) in [4.78, 5) is 14.3. The molecule has 1 atom stereocenters. The third kappa shape index (κ3) is 3.42. The van der Waals surface area contributed by atoms with E-state index >= 15 is 0 Å².